The Morgan fingerprint density at radius 1 is 1.25 bits per heavy atom. The number of hydrogen-bond donors (Lipinski definition) is 0. The van der Waals surface area contributed by atoms with Gasteiger partial charge in [0.2, 0.25) is 0 Å². The number of rotatable bonds is 0. The minimum absolute atomic E-state index is 0.718. The first-order chi connectivity index (χ1) is 3.80. The first kappa shape index (κ1) is 4.57. The Bertz CT molecular complexity index is 137. The van der Waals surface area contributed by atoms with E-state index in [2.05, 4.69) is 30.9 Å². The van der Waals surface area contributed by atoms with Crippen LogP contribution in [0.2, 0.25) is 0 Å². The van der Waals surface area contributed by atoms with Gasteiger partial charge in [0.15, 0.2) is 0 Å². The van der Waals surface area contributed by atoms with Crippen LogP contribution in [0, 0.1) is 0 Å². The molecule has 0 N–H and O–H groups in total. The van der Waals surface area contributed by atoms with E-state index in [0.29, 0.717) is 0 Å². The number of fused-ring (bicyclic) bond motifs is 1. The molecule has 0 aromatic heterocycles. The molecule has 2 aliphatic heterocycles. The molecular formula is C7H11N. The van der Waals surface area contributed by atoms with Gasteiger partial charge in [-0.15, -0.1) is 0 Å². The molecule has 0 bridgehead atoms. The van der Waals surface area contributed by atoms with Gasteiger partial charge in [-0.05, 0) is 13.8 Å². The predicted octanol–water partition coefficient (Wildman–Crippen LogP) is 1.02. The molecular weight excluding hydrogens is 98.1 g/mol. The van der Waals surface area contributed by atoms with Gasteiger partial charge in [-0.1, -0.05) is 12.2 Å². The van der Waals surface area contributed by atoms with Gasteiger partial charge in [0.25, 0.3) is 0 Å². The zero-order valence-electron chi connectivity index (χ0n) is 5.33. The van der Waals surface area contributed by atoms with Crippen molar-refractivity contribution in [1.82, 2.24) is 4.90 Å². The van der Waals surface area contributed by atoms with Gasteiger partial charge < -0.3 is 0 Å². The van der Waals surface area contributed by atoms with E-state index in [1.807, 2.05) is 0 Å². The van der Waals surface area contributed by atoms with Crippen LogP contribution in [0.3, 0.4) is 0 Å². The standard InChI is InChI=1S/C7H11N/c1-5-3-4-7-6(2)8(5)7/h3-7H,1-2H3. The van der Waals surface area contributed by atoms with Crippen molar-refractivity contribution in [1.29, 1.82) is 0 Å². The molecule has 1 nitrogen and oxygen atoms in total. The molecule has 0 aromatic rings. The van der Waals surface area contributed by atoms with Crippen LogP contribution in [-0.4, -0.2) is 23.0 Å². The van der Waals surface area contributed by atoms with Gasteiger partial charge in [-0.2, -0.15) is 0 Å². The van der Waals surface area contributed by atoms with E-state index in [9.17, 15) is 0 Å². The zero-order chi connectivity index (χ0) is 5.72. The van der Waals surface area contributed by atoms with Crippen molar-refractivity contribution < 1.29 is 0 Å². The third-order valence-electron chi connectivity index (χ3n) is 2.28. The summed E-state index contributed by atoms with van der Waals surface area (Å²) in [5.41, 5.74) is 0. The van der Waals surface area contributed by atoms with Gasteiger partial charge in [-0.25, -0.2) is 0 Å². The molecule has 1 saturated heterocycles. The van der Waals surface area contributed by atoms with E-state index in [1.54, 1.807) is 0 Å². The van der Waals surface area contributed by atoms with Crippen molar-refractivity contribution in [2.75, 3.05) is 0 Å². The molecule has 44 valence electrons. The maximum absolute atomic E-state index is 2.50. The molecule has 0 amide bonds. The minimum atomic E-state index is 0.718. The molecule has 1 heteroatoms. The SMILES string of the molecule is CC1C=CC2C(C)N12. The zero-order valence-corrected chi connectivity index (χ0v) is 5.33. The molecule has 4 atom stereocenters. The van der Waals surface area contributed by atoms with E-state index >= 15 is 0 Å². The van der Waals surface area contributed by atoms with Gasteiger partial charge >= 0.3 is 0 Å². The van der Waals surface area contributed by atoms with Crippen LogP contribution in [0.15, 0.2) is 12.2 Å². The van der Waals surface area contributed by atoms with Gasteiger partial charge in [0.1, 0.15) is 0 Å². The van der Waals surface area contributed by atoms with Crippen LogP contribution in [0.5, 0.6) is 0 Å². The normalized spacial score (nSPS) is 58.8. The predicted molar refractivity (Wildman–Crippen MR) is 33.7 cm³/mol. The molecule has 0 spiro atoms. The lowest BCUT2D eigenvalue weighted by Crippen LogP contribution is -2.09. The summed E-state index contributed by atoms with van der Waals surface area (Å²) in [5, 5.41) is 0. The van der Waals surface area contributed by atoms with E-state index in [-0.39, 0.29) is 0 Å². The Balaban J connectivity index is 2.18. The molecule has 0 radical (unpaired) electrons. The first-order valence-corrected chi connectivity index (χ1v) is 3.26. The van der Waals surface area contributed by atoms with Crippen molar-refractivity contribution in [3.05, 3.63) is 12.2 Å². The highest BCUT2D eigenvalue weighted by molar-refractivity contribution is 5.23. The van der Waals surface area contributed by atoms with Crippen LogP contribution in [0.4, 0.5) is 0 Å². The van der Waals surface area contributed by atoms with Crippen molar-refractivity contribution in [3.63, 3.8) is 0 Å². The fourth-order valence-corrected chi connectivity index (χ4v) is 1.67. The molecule has 2 heterocycles. The topological polar surface area (TPSA) is 3.01 Å². The summed E-state index contributed by atoms with van der Waals surface area (Å²) in [6.45, 7) is 4.53. The second-order valence-corrected chi connectivity index (χ2v) is 2.80. The Morgan fingerprint density at radius 3 is 2.25 bits per heavy atom. The van der Waals surface area contributed by atoms with Crippen LogP contribution in [-0.2, 0) is 0 Å². The van der Waals surface area contributed by atoms with Crippen LogP contribution in [0.25, 0.3) is 0 Å². The molecule has 0 saturated carbocycles. The van der Waals surface area contributed by atoms with E-state index in [0.717, 1.165) is 18.1 Å². The number of nitrogens with zero attached hydrogens (tertiary/aromatic N) is 1. The Kier molecular flexibility index (Phi) is 0.662. The van der Waals surface area contributed by atoms with Crippen molar-refractivity contribution in [3.8, 4) is 0 Å². The summed E-state index contributed by atoms with van der Waals surface area (Å²) in [6.07, 6.45) is 4.60. The van der Waals surface area contributed by atoms with E-state index < -0.39 is 0 Å². The quantitative estimate of drug-likeness (QED) is 0.331. The second kappa shape index (κ2) is 1.16. The first-order valence-electron chi connectivity index (χ1n) is 3.26. The van der Waals surface area contributed by atoms with Gasteiger partial charge in [0.05, 0.1) is 0 Å². The van der Waals surface area contributed by atoms with Crippen LogP contribution < -0.4 is 0 Å². The summed E-state index contributed by atoms with van der Waals surface area (Å²) in [4.78, 5) is 2.50. The number of hydrogen-bond acceptors (Lipinski definition) is 1. The largest absolute Gasteiger partial charge is 0.285 e. The molecule has 0 aromatic carbocycles. The fourth-order valence-electron chi connectivity index (χ4n) is 1.67. The lowest BCUT2D eigenvalue weighted by atomic mass is 10.2. The summed E-state index contributed by atoms with van der Waals surface area (Å²) in [5.74, 6) is 0. The average molecular weight is 109 g/mol. The minimum Gasteiger partial charge on any atom is -0.285 e. The summed E-state index contributed by atoms with van der Waals surface area (Å²) >= 11 is 0. The van der Waals surface area contributed by atoms with Gasteiger partial charge in [0, 0.05) is 18.1 Å². The Morgan fingerprint density at radius 2 is 2.00 bits per heavy atom. The van der Waals surface area contributed by atoms with Crippen molar-refractivity contribution in [2.45, 2.75) is 32.0 Å². The fraction of sp³-hybridized carbons (Fsp3) is 0.714. The lowest BCUT2D eigenvalue weighted by Gasteiger charge is -2.02. The van der Waals surface area contributed by atoms with Gasteiger partial charge in [-0.3, -0.25) is 4.90 Å². The highest BCUT2D eigenvalue weighted by Gasteiger charge is 2.47. The van der Waals surface area contributed by atoms with E-state index in [4.69, 9.17) is 0 Å². The molecule has 8 heavy (non-hydrogen) atoms. The Labute approximate surface area is 50.0 Å². The summed E-state index contributed by atoms with van der Waals surface area (Å²) in [7, 11) is 0. The van der Waals surface area contributed by atoms with Crippen molar-refractivity contribution in [2.24, 2.45) is 0 Å². The smallest absolute Gasteiger partial charge is 0.0441 e. The second-order valence-electron chi connectivity index (χ2n) is 2.80. The third-order valence-corrected chi connectivity index (χ3v) is 2.28. The summed E-state index contributed by atoms with van der Waals surface area (Å²) < 4.78 is 0. The third kappa shape index (κ3) is 0.360. The molecule has 0 aliphatic carbocycles. The highest BCUT2D eigenvalue weighted by atomic mass is 15.4. The van der Waals surface area contributed by atoms with E-state index in [1.165, 1.54) is 0 Å². The average Bonchev–Trinajstić information content (AvgIpc) is 2.13. The lowest BCUT2D eigenvalue weighted by molar-refractivity contribution is 0.468. The molecule has 1 fully saturated rings. The van der Waals surface area contributed by atoms with Crippen molar-refractivity contribution >= 4 is 0 Å². The van der Waals surface area contributed by atoms with Crippen LogP contribution in [0.1, 0.15) is 13.8 Å². The highest BCUT2D eigenvalue weighted by Crippen LogP contribution is 2.36. The molecule has 2 rings (SSSR count). The summed E-state index contributed by atoms with van der Waals surface area (Å²) in [6, 6.07) is 2.37. The molecule has 4 unspecified atom stereocenters. The monoisotopic (exact) mass is 109 g/mol. The maximum atomic E-state index is 2.50. The van der Waals surface area contributed by atoms with Crippen LogP contribution >= 0.6 is 0 Å². The Hall–Kier alpha value is -0.300. The maximum Gasteiger partial charge on any atom is 0.0441 e. The molecule has 2 aliphatic rings.